The molecule has 96 valence electrons. The molecule has 3 nitrogen and oxygen atoms in total. The molecule has 1 aromatic carbocycles. The highest BCUT2D eigenvalue weighted by Gasteiger charge is 2.17. The number of anilines is 1. The van der Waals surface area contributed by atoms with Crippen molar-refractivity contribution in [3.05, 3.63) is 28.2 Å². The monoisotopic (exact) mass is 299 g/mol. The number of nitrogen functional groups attached to an aromatic ring is 1. The standard InChI is InChI=1S/C13H22BrN3/c1-3-9(4-2)7-13(17-16)11-8-10(14)5-6-12(11)15/h5-6,8-9,13,17H,3-4,7,15-16H2,1-2H3. The van der Waals surface area contributed by atoms with Crippen molar-refractivity contribution in [3.8, 4) is 0 Å². The summed E-state index contributed by atoms with van der Waals surface area (Å²) in [6.45, 7) is 4.43. The van der Waals surface area contributed by atoms with Crippen molar-refractivity contribution in [3.63, 3.8) is 0 Å². The Labute approximate surface area is 112 Å². The second kappa shape index (κ2) is 6.99. The van der Waals surface area contributed by atoms with E-state index in [0.717, 1.165) is 22.1 Å². The van der Waals surface area contributed by atoms with Crippen LogP contribution < -0.4 is 17.0 Å². The Morgan fingerprint density at radius 2 is 1.94 bits per heavy atom. The van der Waals surface area contributed by atoms with Crippen LogP contribution in [-0.4, -0.2) is 0 Å². The van der Waals surface area contributed by atoms with Crippen molar-refractivity contribution in [2.45, 2.75) is 39.2 Å². The molecule has 0 saturated heterocycles. The molecule has 0 aliphatic rings. The van der Waals surface area contributed by atoms with Gasteiger partial charge in [-0.3, -0.25) is 11.3 Å². The van der Waals surface area contributed by atoms with Crippen molar-refractivity contribution < 1.29 is 0 Å². The van der Waals surface area contributed by atoms with Gasteiger partial charge < -0.3 is 5.73 Å². The molecule has 1 atom stereocenters. The fourth-order valence-electron chi connectivity index (χ4n) is 2.09. The molecule has 17 heavy (non-hydrogen) atoms. The topological polar surface area (TPSA) is 64.1 Å². The van der Waals surface area contributed by atoms with Gasteiger partial charge in [0.15, 0.2) is 0 Å². The predicted octanol–water partition coefficient (Wildman–Crippen LogP) is 3.36. The zero-order chi connectivity index (χ0) is 12.8. The van der Waals surface area contributed by atoms with Gasteiger partial charge in [-0.1, -0.05) is 42.6 Å². The summed E-state index contributed by atoms with van der Waals surface area (Å²) in [6.07, 6.45) is 3.36. The van der Waals surface area contributed by atoms with Gasteiger partial charge in [0.05, 0.1) is 0 Å². The second-order valence-corrected chi connectivity index (χ2v) is 5.33. The first kappa shape index (κ1) is 14.5. The maximum atomic E-state index is 6.01. The molecular weight excluding hydrogens is 278 g/mol. The van der Waals surface area contributed by atoms with Gasteiger partial charge in [0.25, 0.3) is 0 Å². The summed E-state index contributed by atoms with van der Waals surface area (Å²) >= 11 is 3.47. The number of nitrogens with two attached hydrogens (primary N) is 2. The summed E-state index contributed by atoms with van der Waals surface area (Å²) < 4.78 is 1.03. The third-order valence-corrected chi connectivity index (χ3v) is 3.84. The Bertz CT molecular complexity index is 351. The van der Waals surface area contributed by atoms with Crippen molar-refractivity contribution in [2.24, 2.45) is 11.8 Å². The van der Waals surface area contributed by atoms with E-state index in [4.69, 9.17) is 11.6 Å². The highest BCUT2D eigenvalue weighted by molar-refractivity contribution is 9.10. The minimum Gasteiger partial charge on any atom is -0.398 e. The van der Waals surface area contributed by atoms with Crippen LogP contribution in [0.25, 0.3) is 0 Å². The molecule has 0 aliphatic heterocycles. The van der Waals surface area contributed by atoms with Crippen LogP contribution in [0.15, 0.2) is 22.7 Å². The van der Waals surface area contributed by atoms with Crippen LogP contribution in [0.2, 0.25) is 0 Å². The van der Waals surface area contributed by atoms with E-state index in [1.165, 1.54) is 12.8 Å². The van der Waals surface area contributed by atoms with E-state index < -0.39 is 0 Å². The molecule has 5 N–H and O–H groups in total. The number of nitrogens with one attached hydrogen (secondary N) is 1. The molecule has 0 aliphatic carbocycles. The third kappa shape index (κ3) is 3.98. The number of rotatable bonds is 6. The maximum absolute atomic E-state index is 6.01. The molecule has 0 bridgehead atoms. The predicted molar refractivity (Wildman–Crippen MR) is 77.3 cm³/mol. The van der Waals surface area contributed by atoms with Gasteiger partial charge in [0.1, 0.15) is 0 Å². The van der Waals surface area contributed by atoms with E-state index in [1.807, 2.05) is 18.2 Å². The molecule has 0 spiro atoms. The van der Waals surface area contributed by atoms with Crippen molar-refractivity contribution >= 4 is 21.6 Å². The summed E-state index contributed by atoms with van der Waals surface area (Å²) in [6, 6.07) is 6.03. The fourth-order valence-corrected chi connectivity index (χ4v) is 2.47. The Morgan fingerprint density at radius 1 is 1.29 bits per heavy atom. The maximum Gasteiger partial charge on any atom is 0.0483 e. The van der Waals surface area contributed by atoms with E-state index in [1.54, 1.807) is 0 Å². The number of halogens is 1. The molecule has 0 radical (unpaired) electrons. The Hall–Kier alpha value is -0.580. The minimum absolute atomic E-state index is 0.123. The third-order valence-electron chi connectivity index (χ3n) is 3.35. The van der Waals surface area contributed by atoms with Crippen LogP contribution >= 0.6 is 15.9 Å². The largest absolute Gasteiger partial charge is 0.398 e. The normalized spacial score (nSPS) is 13.0. The average molecular weight is 300 g/mol. The van der Waals surface area contributed by atoms with Crippen LogP contribution in [0.5, 0.6) is 0 Å². The summed E-state index contributed by atoms with van der Waals surface area (Å²) in [4.78, 5) is 0. The first-order valence-electron chi connectivity index (χ1n) is 6.13. The lowest BCUT2D eigenvalue weighted by Crippen LogP contribution is -2.30. The van der Waals surface area contributed by atoms with Gasteiger partial charge in [0, 0.05) is 16.2 Å². The summed E-state index contributed by atoms with van der Waals surface area (Å²) in [5.74, 6) is 6.34. The summed E-state index contributed by atoms with van der Waals surface area (Å²) in [5, 5.41) is 0. The van der Waals surface area contributed by atoms with Crippen LogP contribution in [0.4, 0.5) is 5.69 Å². The van der Waals surface area contributed by atoms with E-state index in [2.05, 4.69) is 35.2 Å². The second-order valence-electron chi connectivity index (χ2n) is 4.41. The van der Waals surface area contributed by atoms with E-state index in [9.17, 15) is 0 Å². The Morgan fingerprint density at radius 3 is 2.47 bits per heavy atom. The van der Waals surface area contributed by atoms with Crippen molar-refractivity contribution in [2.75, 3.05) is 5.73 Å². The smallest absolute Gasteiger partial charge is 0.0483 e. The number of hydrogen-bond donors (Lipinski definition) is 3. The molecule has 0 aromatic heterocycles. The lowest BCUT2D eigenvalue weighted by Gasteiger charge is -2.23. The number of hydrogen-bond acceptors (Lipinski definition) is 3. The molecule has 0 heterocycles. The van der Waals surface area contributed by atoms with Crippen molar-refractivity contribution in [1.29, 1.82) is 0 Å². The lowest BCUT2D eigenvalue weighted by atomic mass is 9.91. The van der Waals surface area contributed by atoms with Gasteiger partial charge in [-0.15, -0.1) is 0 Å². The SMILES string of the molecule is CCC(CC)CC(NN)c1cc(Br)ccc1N. The highest BCUT2D eigenvalue weighted by Crippen LogP contribution is 2.30. The van der Waals surface area contributed by atoms with Crippen LogP contribution in [0.1, 0.15) is 44.7 Å². The minimum atomic E-state index is 0.123. The zero-order valence-electron chi connectivity index (χ0n) is 10.5. The molecule has 1 aromatic rings. The zero-order valence-corrected chi connectivity index (χ0v) is 12.1. The van der Waals surface area contributed by atoms with E-state index >= 15 is 0 Å². The van der Waals surface area contributed by atoms with E-state index in [-0.39, 0.29) is 6.04 Å². The van der Waals surface area contributed by atoms with Gasteiger partial charge in [0.2, 0.25) is 0 Å². The first-order chi connectivity index (χ1) is 8.12. The van der Waals surface area contributed by atoms with Gasteiger partial charge in [-0.05, 0) is 36.1 Å². The van der Waals surface area contributed by atoms with Crippen molar-refractivity contribution in [1.82, 2.24) is 5.43 Å². The van der Waals surface area contributed by atoms with Gasteiger partial charge in [-0.2, -0.15) is 0 Å². The molecule has 0 amide bonds. The average Bonchev–Trinajstić information content (AvgIpc) is 2.34. The molecular formula is C13H22BrN3. The first-order valence-corrected chi connectivity index (χ1v) is 6.92. The van der Waals surface area contributed by atoms with Crippen LogP contribution in [0.3, 0.4) is 0 Å². The Kier molecular flexibility index (Phi) is 5.95. The van der Waals surface area contributed by atoms with Crippen LogP contribution in [-0.2, 0) is 0 Å². The molecule has 1 rings (SSSR count). The Balaban J connectivity index is 2.89. The molecule has 4 heteroatoms. The fraction of sp³-hybridized carbons (Fsp3) is 0.538. The van der Waals surface area contributed by atoms with E-state index in [0.29, 0.717) is 5.92 Å². The highest BCUT2D eigenvalue weighted by atomic mass is 79.9. The van der Waals surface area contributed by atoms with Gasteiger partial charge >= 0.3 is 0 Å². The lowest BCUT2D eigenvalue weighted by molar-refractivity contribution is 0.375. The quantitative estimate of drug-likeness (QED) is 0.429. The molecule has 0 fully saturated rings. The summed E-state index contributed by atoms with van der Waals surface area (Å²) in [7, 11) is 0. The number of hydrazine groups is 1. The van der Waals surface area contributed by atoms with Gasteiger partial charge in [-0.25, -0.2) is 0 Å². The number of benzene rings is 1. The molecule has 1 unspecified atom stereocenters. The summed E-state index contributed by atoms with van der Waals surface area (Å²) in [5.41, 5.74) is 10.8. The van der Waals surface area contributed by atoms with Crippen LogP contribution in [0, 0.1) is 5.92 Å². The molecule has 0 saturated carbocycles.